The highest BCUT2D eigenvalue weighted by atomic mass is 16.5. The molecule has 0 bridgehead atoms. The number of likely N-dealkylation sites (tertiary alicyclic amines) is 1. The number of hydrogen-bond donors (Lipinski definition) is 0. The summed E-state index contributed by atoms with van der Waals surface area (Å²) in [6, 6.07) is 0. The molecule has 1 atom stereocenters. The predicted octanol–water partition coefficient (Wildman–Crippen LogP) is 1.37. The lowest BCUT2D eigenvalue weighted by Crippen LogP contribution is -2.20. The van der Waals surface area contributed by atoms with Crippen LogP contribution in [0.3, 0.4) is 0 Å². The monoisotopic (exact) mass is 208 g/mol. The van der Waals surface area contributed by atoms with E-state index in [9.17, 15) is 4.79 Å². The second kappa shape index (κ2) is 4.57. The molecule has 1 fully saturated rings. The quantitative estimate of drug-likeness (QED) is 0.701. The first-order valence-corrected chi connectivity index (χ1v) is 5.44. The maximum Gasteiger partial charge on any atom is 0.155 e. The van der Waals surface area contributed by atoms with Crippen molar-refractivity contribution < 1.29 is 9.32 Å². The average molecular weight is 208 g/mol. The van der Waals surface area contributed by atoms with Crippen molar-refractivity contribution in [2.75, 3.05) is 19.6 Å². The maximum atomic E-state index is 10.7. The summed E-state index contributed by atoms with van der Waals surface area (Å²) in [4.78, 5) is 13.1. The van der Waals surface area contributed by atoms with Crippen LogP contribution in [-0.4, -0.2) is 36.0 Å². The number of carbonyl (C=O) groups is 1. The zero-order valence-electron chi connectivity index (χ0n) is 8.98. The predicted molar refractivity (Wildman–Crippen MR) is 55.8 cm³/mol. The van der Waals surface area contributed by atoms with Crippen molar-refractivity contribution in [1.82, 2.24) is 10.1 Å². The lowest BCUT2D eigenvalue weighted by molar-refractivity contribution is 0.112. The van der Waals surface area contributed by atoms with E-state index >= 15 is 0 Å². The van der Waals surface area contributed by atoms with Gasteiger partial charge in [0.15, 0.2) is 6.29 Å². The number of aldehydes is 1. The third-order valence-electron chi connectivity index (χ3n) is 3.09. The van der Waals surface area contributed by atoms with E-state index in [2.05, 4.69) is 17.0 Å². The normalized spacial score (nSPS) is 22.1. The lowest BCUT2D eigenvalue weighted by atomic mass is 10.0. The van der Waals surface area contributed by atoms with Crippen molar-refractivity contribution in [2.24, 2.45) is 5.92 Å². The summed E-state index contributed by atoms with van der Waals surface area (Å²) >= 11 is 0. The van der Waals surface area contributed by atoms with Crippen LogP contribution in [0.5, 0.6) is 0 Å². The molecule has 0 radical (unpaired) electrons. The van der Waals surface area contributed by atoms with Crippen LogP contribution in [0, 0.1) is 5.92 Å². The average Bonchev–Trinajstić information content (AvgIpc) is 2.87. The van der Waals surface area contributed by atoms with Gasteiger partial charge in [0, 0.05) is 13.0 Å². The van der Waals surface area contributed by atoms with Gasteiger partial charge in [-0.05, 0) is 25.4 Å². The van der Waals surface area contributed by atoms with Crippen LogP contribution in [0.25, 0.3) is 0 Å². The summed E-state index contributed by atoms with van der Waals surface area (Å²) in [5.41, 5.74) is 0.602. The van der Waals surface area contributed by atoms with Crippen molar-refractivity contribution in [1.29, 1.82) is 0 Å². The van der Waals surface area contributed by atoms with Gasteiger partial charge < -0.3 is 9.42 Å². The molecule has 0 N–H and O–H groups in total. The molecule has 2 heterocycles. The number of nitrogens with zero attached hydrogens (tertiary/aromatic N) is 2. The van der Waals surface area contributed by atoms with Crippen molar-refractivity contribution >= 4 is 6.29 Å². The fraction of sp³-hybridized carbons (Fsp3) is 0.636. The van der Waals surface area contributed by atoms with Gasteiger partial charge >= 0.3 is 0 Å². The highest BCUT2D eigenvalue weighted by Crippen LogP contribution is 2.21. The smallest absolute Gasteiger partial charge is 0.155 e. The Kier molecular flexibility index (Phi) is 3.16. The van der Waals surface area contributed by atoms with E-state index in [-0.39, 0.29) is 0 Å². The van der Waals surface area contributed by atoms with Gasteiger partial charge in [-0.3, -0.25) is 4.79 Å². The molecule has 1 aliphatic rings. The Hall–Kier alpha value is -1.16. The minimum Gasteiger partial charge on any atom is -0.361 e. The first-order chi connectivity index (χ1) is 7.33. The molecule has 4 nitrogen and oxygen atoms in total. The molecule has 0 spiro atoms. The molecule has 1 unspecified atom stereocenters. The van der Waals surface area contributed by atoms with Crippen LogP contribution in [0.15, 0.2) is 10.7 Å². The molecule has 15 heavy (non-hydrogen) atoms. The molecule has 0 amide bonds. The SMILES string of the molecule is CCN1CCC(Cc2oncc2C=O)C1. The minimum atomic E-state index is 0.602. The Morgan fingerprint density at radius 3 is 3.27 bits per heavy atom. The molecule has 0 aromatic carbocycles. The third-order valence-corrected chi connectivity index (χ3v) is 3.09. The van der Waals surface area contributed by atoms with Gasteiger partial charge in [0.25, 0.3) is 0 Å². The van der Waals surface area contributed by atoms with Crippen LogP contribution in [0.4, 0.5) is 0 Å². The van der Waals surface area contributed by atoms with E-state index in [1.165, 1.54) is 12.6 Å². The highest BCUT2D eigenvalue weighted by Gasteiger charge is 2.23. The van der Waals surface area contributed by atoms with Crippen LogP contribution in [-0.2, 0) is 6.42 Å². The van der Waals surface area contributed by atoms with Crippen LogP contribution < -0.4 is 0 Å². The topological polar surface area (TPSA) is 46.3 Å². The fourth-order valence-corrected chi connectivity index (χ4v) is 2.15. The zero-order chi connectivity index (χ0) is 10.7. The molecule has 82 valence electrons. The van der Waals surface area contributed by atoms with Gasteiger partial charge in [-0.15, -0.1) is 0 Å². The molecular weight excluding hydrogens is 192 g/mol. The Morgan fingerprint density at radius 1 is 1.73 bits per heavy atom. The van der Waals surface area contributed by atoms with Crippen molar-refractivity contribution in [3.05, 3.63) is 17.5 Å². The number of rotatable bonds is 4. The van der Waals surface area contributed by atoms with Gasteiger partial charge in [-0.1, -0.05) is 12.1 Å². The van der Waals surface area contributed by atoms with Crippen LogP contribution >= 0.6 is 0 Å². The molecule has 2 rings (SSSR count). The lowest BCUT2D eigenvalue weighted by Gasteiger charge is -2.11. The van der Waals surface area contributed by atoms with E-state index in [1.54, 1.807) is 0 Å². The van der Waals surface area contributed by atoms with Gasteiger partial charge in [0.05, 0.1) is 11.8 Å². The van der Waals surface area contributed by atoms with Crippen molar-refractivity contribution in [3.63, 3.8) is 0 Å². The maximum absolute atomic E-state index is 10.7. The Balaban J connectivity index is 1.95. The first-order valence-electron chi connectivity index (χ1n) is 5.44. The van der Waals surface area contributed by atoms with Gasteiger partial charge in [0.1, 0.15) is 5.76 Å². The zero-order valence-corrected chi connectivity index (χ0v) is 8.98. The summed E-state index contributed by atoms with van der Waals surface area (Å²) in [6.45, 7) is 5.54. The van der Waals surface area contributed by atoms with Crippen LogP contribution in [0.1, 0.15) is 29.5 Å². The number of hydrogen-bond acceptors (Lipinski definition) is 4. The Bertz CT molecular complexity index is 335. The molecule has 0 saturated carbocycles. The van der Waals surface area contributed by atoms with E-state index in [4.69, 9.17) is 4.52 Å². The van der Waals surface area contributed by atoms with E-state index < -0.39 is 0 Å². The van der Waals surface area contributed by atoms with E-state index in [1.807, 2.05) is 0 Å². The Labute approximate surface area is 89.2 Å². The Morgan fingerprint density at radius 2 is 2.60 bits per heavy atom. The molecular formula is C11H16N2O2. The number of carbonyl (C=O) groups excluding carboxylic acids is 1. The second-order valence-electron chi connectivity index (χ2n) is 4.07. The summed E-state index contributed by atoms with van der Waals surface area (Å²) in [5, 5.41) is 3.65. The highest BCUT2D eigenvalue weighted by molar-refractivity contribution is 5.75. The van der Waals surface area contributed by atoms with Crippen molar-refractivity contribution in [2.45, 2.75) is 19.8 Å². The second-order valence-corrected chi connectivity index (χ2v) is 4.07. The largest absolute Gasteiger partial charge is 0.361 e. The molecule has 0 aliphatic carbocycles. The van der Waals surface area contributed by atoms with Gasteiger partial charge in [0.2, 0.25) is 0 Å². The molecule has 4 heteroatoms. The van der Waals surface area contributed by atoms with E-state index in [0.29, 0.717) is 11.5 Å². The molecule has 1 saturated heterocycles. The number of aromatic nitrogens is 1. The summed E-state index contributed by atoms with van der Waals surface area (Å²) in [5.74, 6) is 1.35. The third kappa shape index (κ3) is 2.26. The summed E-state index contributed by atoms with van der Waals surface area (Å²) in [6.07, 6.45) is 4.34. The molecule has 1 aromatic rings. The van der Waals surface area contributed by atoms with Crippen molar-refractivity contribution in [3.8, 4) is 0 Å². The summed E-state index contributed by atoms with van der Waals surface area (Å²) < 4.78 is 5.09. The minimum absolute atomic E-state index is 0.602. The summed E-state index contributed by atoms with van der Waals surface area (Å²) in [7, 11) is 0. The first kappa shape index (κ1) is 10.4. The fourth-order valence-electron chi connectivity index (χ4n) is 2.15. The standard InChI is InChI=1S/C11H16N2O2/c1-2-13-4-3-9(7-13)5-11-10(8-14)6-12-15-11/h6,8-9H,2-5,7H2,1H3. The van der Waals surface area contributed by atoms with Crippen LogP contribution in [0.2, 0.25) is 0 Å². The van der Waals surface area contributed by atoms with Gasteiger partial charge in [-0.25, -0.2) is 0 Å². The molecule has 1 aliphatic heterocycles. The van der Waals surface area contributed by atoms with E-state index in [0.717, 1.165) is 38.1 Å². The molecule has 1 aromatic heterocycles. The van der Waals surface area contributed by atoms with Gasteiger partial charge in [-0.2, -0.15) is 0 Å².